The Kier molecular flexibility index (Phi) is 4.39. The molecule has 102 valence electrons. The maximum Gasteiger partial charge on any atom is 0.318 e. The summed E-state index contributed by atoms with van der Waals surface area (Å²) in [6.45, 7) is 0. The molecule has 5 nitrogen and oxygen atoms in total. The number of carbonyl (C=O) groups excluding carboxylic acids is 2. The molecule has 1 aliphatic rings. The van der Waals surface area contributed by atoms with Crippen molar-refractivity contribution in [1.29, 1.82) is 0 Å². The summed E-state index contributed by atoms with van der Waals surface area (Å²) in [5.41, 5.74) is 1.46. The van der Waals surface area contributed by atoms with Crippen molar-refractivity contribution in [3.8, 4) is 0 Å². The molecule has 1 aromatic carbocycles. The van der Waals surface area contributed by atoms with Crippen molar-refractivity contribution in [2.45, 2.75) is 25.7 Å². The van der Waals surface area contributed by atoms with Crippen molar-refractivity contribution in [3.63, 3.8) is 0 Å². The van der Waals surface area contributed by atoms with E-state index in [0.717, 1.165) is 31.4 Å². The average molecular weight is 261 g/mol. The number of hydrogen-bond donors (Lipinski definition) is 3. The minimum absolute atomic E-state index is 0.101. The summed E-state index contributed by atoms with van der Waals surface area (Å²) in [4.78, 5) is 23.1. The number of carbonyl (C=O) groups is 2. The minimum Gasteiger partial charge on any atom is -0.341 e. The molecule has 0 atom stereocenters. The Hall–Kier alpha value is -2.04. The fourth-order valence-electron chi connectivity index (χ4n) is 2.26. The van der Waals surface area contributed by atoms with E-state index in [1.165, 1.54) is 0 Å². The van der Waals surface area contributed by atoms with Crippen LogP contribution >= 0.6 is 0 Å². The zero-order chi connectivity index (χ0) is 13.7. The lowest BCUT2D eigenvalue weighted by molar-refractivity contribution is -0.119. The van der Waals surface area contributed by atoms with Gasteiger partial charge >= 0.3 is 6.03 Å². The van der Waals surface area contributed by atoms with Crippen molar-refractivity contribution >= 4 is 23.3 Å². The fraction of sp³-hybridized carbons (Fsp3) is 0.429. The SMILES string of the molecule is CNC(=O)Nc1ccc(NC(=O)C2CCCC2)cc1. The van der Waals surface area contributed by atoms with Crippen LogP contribution < -0.4 is 16.0 Å². The zero-order valence-electron chi connectivity index (χ0n) is 11.0. The first kappa shape index (κ1) is 13.4. The number of benzene rings is 1. The van der Waals surface area contributed by atoms with Crippen LogP contribution in [0.2, 0.25) is 0 Å². The van der Waals surface area contributed by atoms with E-state index >= 15 is 0 Å². The first-order valence-corrected chi connectivity index (χ1v) is 6.58. The molecule has 0 aromatic heterocycles. The largest absolute Gasteiger partial charge is 0.341 e. The topological polar surface area (TPSA) is 70.2 Å². The predicted octanol–water partition coefficient (Wildman–Crippen LogP) is 2.57. The molecular weight excluding hydrogens is 242 g/mol. The minimum atomic E-state index is -0.261. The fourth-order valence-corrected chi connectivity index (χ4v) is 2.26. The van der Waals surface area contributed by atoms with Crippen molar-refractivity contribution < 1.29 is 9.59 Å². The molecule has 0 bridgehead atoms. The third kappa shape index (κ3) is 3.71. The Balaban J connectivity index is 1.91. The van der Waals surface area contributed by atoms with E-state index < -0.39 is 0 Å². The van der Waals surface area contributed by atoms with Crippen molar-refractivity contribution in [2.75, 3.05) is 17.7 Å². The molecule has 3 amide bonds. The van der Waals surface area contributed by atoms with Crippen LogP contribution in [-0.4, -0.2) is 19.0 Å². The summed E-state index contributed by atoms with van der Waals surface area (Å²) in [5, 5.41) is 8.05. The molecule has 1 fully saturated rings. The molecule has 0 heterocycles. The molecule has 5 heteroatoms. The smallest absolute Gasteiger partial charge is 0.318 e. The van der Waals surface area contributed by atoms with Gasteiger partial charge in [0.2, 0.25) is 5.91 Å². The Morgan fingerprint density at radius 3 is 2.05 bits per heavy atom. The van der Waals surface area contributed by atoms with Crippen molar-refractivity contribution in [3.05, 3.63) is 24.3 Å². The second-order valence-corrected chi connectivity index (χ2v) is 4.75. The van der Waals surface area contributed by atoms with E-state index in [9.17, 15) is 9.59 Å². The van der Waals surface area contributed by atoms with Gasteiger partial charge in [0.25, 0.3) is 0 Å². The van der Waals surface area contributed by atoms with Crippen LogP contribution in [-0.2, 0) is 4.79 Å². The lowest BCUT2D eigenvalue weighted by Crippen LogP contribution is -2.24. The molecule has 19 heavy (non-hydrogen) atoms. The van der Waals surface area contributed by atoms with E-state index in [-0.39, 0.29) is 17.9 Å². The highest BCUT2D eigenvalue weighted by Crippen LogP contribution is 2.26. The van der Waals surface area contributed by atoms with Gasteiger partial charge in [-0.1, -0.05) is 12.8 Å². The molecule has 3 N–H and O–H groups in total. The van der Waals surface area contributed by atoms with Crippen molar-refractivity contribution in [2.24, 2.45) is 5.92 Å². The van der Waals surface area contributed by atoms with Gasteiger partial charge in [-0.05, 0) is 37.1 Å². The first-order chi connectivity index (χ1) is 9.19. The van der Waals surface area contributed by atoms with Crippen molar-refractivity contribution in [1.82, 2.24) is 5.32 Å². The van der Waals surface area contributed by atoms with Gasteiger partial charge in [0.15, 0.2) is 0 Å². The Morgan fingerprint density at radius 1 is 1.00 bits per heavy atom. The van der Waals surface area contributed by atoms with Gasteiger partial charge in [-0.2, -0.15) is 0 Å². The molecule has 1 saturated carbocycles. The molecule has 0 unspecified atom stereocenters. The van der Waals surface area contributed by atoms with Crippen LogP contribution in [0.25, 0.3) is 0 Å². The molecule has 0 aliphatic heterocycles. The van der Waals surface area contributed by atoms with E-state index in [1.54, 1.807) is 31.3 Å². The van der Waals surface area contributed by atoms with E-state index in [0.29, 0.717) is 5.69 Å². The molecule has 1 aliphatic carbocycles. The maximum absolute atomic E-state index is 11.9. The first-order valence-electron chi connectivity index (χ1n) is 6.58. The number of hydrogen-bond acceptors (Lipinski definition) is 2. The average Bonchev–Trinajstić information content (AvgIpc) is 2.95. The highest BCUT2D eigenvalue weighted by Gasteiger charge is 2.22. The number of rotatable bonds is 3. The summed E-state index contributed by atoms with van der Waals surface area (Å²) in [6, 6.07) is 6.85. The van der Waals surface area contributed by atoms with E-state index in [4.69, 9.17) is 0 Å². The Morgan fingerprint density at radius 2 is 1.53 bits per heavy atom. The van der Waals surface area contributed by atoms with Gasteiger partial charge in [0.1, 0.15) is 0 Å². The van der Waals surface area contributed by atoms with Gasteiger partial charge in [-0.15, -0.1) is 0 Å². The summed E-state index contributed by atoms with van der Waals surface area (Å²) in [7, 11) is 1.56. The third-order valence-electron chi connectivity index (χ3n) is 3.36. The summed E-state index contributed by atoms with van der Waals surface area (Å²) >= 11 is 0. The third-order valence-corrected chi connectivity index (χ3v) is 3.36. The number of nitrogens with one attached hydrogen (secondary N) is 3. The van der Waals surface area contributed by atoms with E-state index in [2.05, 4.69) is 16.0 Å². The molecular formula is C14H19N3O2. The maximum atomic E-state index is 11.9. The van der Waals surface area contributed by atoms with Crippen LogP contribution in [0.5, 0.6) is 0 Å². The molecule has 0 saturated heterocycles. The Bertz CT molecular complexity index is 450. The standard InChI is InChI=1S/C14H19N3O2/c1-15-14(19)17-12-8-6-11(7-9-12)16-13(18)10-4-2-3-5-10/h6-10H,2-5H2,1H3,(H,16,18)(H2,15,17,19). The number of amides is 3. The van der Waals surface area contributed by atoms with Gasteiger partial charge < -0.3 is 16.0 Å². The van der Waals surface area contributed by atoms with Crippen LogP contribution in [0.1, 0.15) is 25.7 Å². The Labute approximate surface area is 112 Å². The molecule has 1 aromatic rings. The van der Waals surface area contributed by atoms with Gasteiger partial charge in [-0.3, -0.25) is 4.79 Å². The summed E-state index contributed by atoms with van der Waals surface area (Å²) < 4.78 is 0. The zero-order valence-corrected chi connectivity index (χ0v) is 11.0. The lowest BCUT2D eigenvalue weighted by atomic mass is 10.1. The summed E-state index contributed by atoms with van der Waals surface area (Å²) in [5.74, 6) is 0.258. The number of anilines is 2. The van der Waals surface area contributed by atoms with Crippen LogP contribution in [0, 0.1) is 5.92 Å². The quantitative estimate of drug-likeness (QED) is 0.782. The number of urea groups is 1. The second kappa shape index (κ2) is 6.22. The van der Waals surface area contributed by atoms with Gasteiger partial charge in [0, 0.05) is 24.3 Å². The molecule has 2 rings (SSSR count). The van der Waals surface area contributed by atoms with Crippen LogP contribution in [0.4, 0.5) is 16.2 Å². The highest BCUT2D eigenvalue weighted by atomic mass is 16.2. The van der Waals surface area contributed by atoms with Gasteiger partial charge in [-0.25, -0.2) is 4.79 Å². The summed E-state index contributed by atoms with van der Waals surface area (Å²) in [6.07, 6.45) is 4.27. The van der Waals surface area contributed by atoms with Crippen LogP contribution in [0.15, 0.2) is 24.3 Å². The molecule has 0 spiro atoms. The molecule has 0 radical (unpaired) electrons. The second-order valence-electron chi connectivity index (χ2n) is 4.75. The lowest BCUT2D eigenvalue weighted by Gasteiger charge is -2.11. The predicted molar refractivity (Wildman–Crippen MR) is 75.1 cm³/mol. The normalized spacial score (nSPS) is 15.0. The monoisotopic (exact) mass is 261 g/mol. The van der Waals surface area contributed by atoms with Crippen LogP contribution in [0.3, 0.4) is 0 Å². The van der Waals surface area contributed by atoms with E-state index in [1.807, 2.05) is 0 Å². The highest BCUT2D eigenvalue weighted by molar-refractivity contribution is 5.93. The van der Waals surface area contributed by atoms with Gasteiger partial charge in [0.05, 0.1) is 0 Å².